The van der Waals surface area contributed by atoms with Gasteiger partial charge < -0.3 is 18.9 Å². The van der Waals surface area contributed by atoms with Gasteiger partial charge >= 0.3 is 0 Å². The lowest BCUT2D eigenvalue weighted by Gasteiger charge is -2.60. The number of fused-ring (bicyclic) bond motifs is 6. The van der Waals surface area contributed by atoms with E-state index >= 15 is 0 Å². The predicted molar refractivity (Wildman–Crippen MR) is 106 cm³/mol. The van der Waals surface area contributed by atoms with Crippen molar-refractivity contribution in [3.63, 3.8) is 0 Å². The van der Waals surface area contributed by atoms with Gasteiger partial charge in [0, 0.05) is 24.7 Å². The van der Waals surface area contributed by atoms with E-state index in [1.165, 1.54) is 32.1 Å². The number of ether oxygens (including phenoxy) is 4. The topological polar surface area (TPSA) is 36.9 Å². The van der Waals surface area contributed by atoms with Crippen molar-refractivity contribution in [2.24, 2.45) is 28.6 Å². The highest BCUT2D eigenvalue weighted by Gasteiger charge is 2.67. The van der Waals surface area contributed by atoms with Crippen LogP contribution in [0.25, 0.3) is 0 Å². The van der Waals surface area contributed by atoms with Crippen molar-refractivity contribution in [2.75, 3.05) is 26.4 Å². The highest BCUT2D eigenvalue weighted by molar-refractivity contribution is 5.27. The van der Waals surface area contributed by atoms with Gasteiger partial charge in [0.05, 0.1) is 26.4 Å². The molecule has 156 valence electrons. The van der Waals surface area contributed by atoms with E-state index in [4.69, 9.17) is 18.9 Å². The summed E-state index contributed by atoms with van der Waals surface area (Å²) in [5, 5.41) is 0. The second-order valence-corrected chi connectivity index (χ2v) is 10.8. The summed E-state index contributed by atoms with van der Waals surface area (Å²) < 4.78 is 25.0. The third kappa shape index (κ3) is 2.27. The fourth-order valence-electron chi connectivity index (χ4n) is 8.35. The van der Waals surface area contributed by atoms with E-state index < -0.39 is 0 Å². The van der Waals surface area contributed by atoms with E-state index in [9.17, 15) is 0 Å². The van der Waals surface area contributed by atoms with E-state index in [1.54, 1.807) is 5.57 Å². The third-order valence-corrected chi connectivity index (χ3v) is 9.93. The van der Waals surface area contributed by atoms with Crippen molar-refractivity contribution >= 4 is 0 Å². The Balaban J connectivity index is 1.30. The Bertz CT molecular complexity index is 674. The Hall–Kier alpha value is -0.420. The minimum absolute atomic E-state index is 0.192. The first-order valence-electron chi connectivity index (χ1n) is 11.8. The first-order valence-corrected chi connectivity index (χ1v) is 11.8. The molecule has 6 rings (SSSR count). The first kappa shape index (κ1) is 18.4. The van der Waals surface area contributed by atoms with Crippen LogP contribution in [-0.2, 0) is 18.9 Å². The van der Waals surface area contributed by atoms with Crippen LogP contribution in [0.15, 0.2) is 11.6 Å². The van der Waals surface area contributed by atoms with Gasteiger partial charge in [-0.2, -0.15) is 0 Å². The molecule has 5 fully saturated rings. The molecule has 0 bridgehead atoms. The molecule has 5 atom stereocenters. The SMILES string of the molecule is C[C@]12CCC3(CC1=CCC1C2CC[C@@]2(C)C1CCC21OCCO1)OCCCO3. The summed E-state index contributed by atoms with van der Waals surface area (Å²) in [6, 6.07) is 0. The molecule has 2 aliphatic heterocycles. The molecule has 2 saturated heterocycles. The van der Waals surface area contributed by atoms with Crippen LogP contribution in [-0.4, -0.2) is 38.0 Å². The maximum absolute atomic E-state index is 6.29. The second kappa shape index (κ2) is 6.06. The fraction of sp³-hybridized carbons (Fsp3) is 0.917. The maximum atomic E-state index is 6.29. The lowest BCUT2D eigenvalue weighted by molar-refractivity contribution is -0.283. The molecule has 0 radical (unpaired) electrons. The van der Waals surface area contributed by atoms with Gasteiger partial charge in [0.15, 0.2) is 11.6 Å². The highest BCUT2D eigenvalue weighted by Crippen LogP contribution is 2.69. The molecule has 6 aliphatic rings. The molecule has 28 heavy (non-hydrogen) atoms. The molecule has 3 saturated carbocycles. The molecule has 0 amide bonds. The fourth-order valence-corrected chi connectivity index (χ4v) is 8.35. The van der Waals surface area contributed by atoms with Crippen LogP contribution in [0.4, 0.5) is 0 Å². The molecule has 4 nitrogen and oxygen atoms in total. The van der Waals surface area contributed by atoms with Crippen LogP contribution in [0.2, 0.25) is 0 Å². The van der Waals surface area contributed by atoms with Crippen molar-refractivity contribution in [1.29, 1.82) is 0 Å². The molecule has 0 aromatic carbocycles. The average molecular weight is 389 g/mol. The van der Waals surface area contributed by atoms with Crippen molar-refractivity contribution in [1.82, 2.24) is 0 Å². The smallest absolute Gasteiger partial charge is 0.174 e. The van der Waals surface area contributed by atoms with Gasteiger partial charge in [-0.15, -0.1) is 0 Å². The molecule has 0 N–H and O–H groups in total. The summed E-state index contributed by atoms with van der Waals surface area (Å²) in [6.45, 7) is 8.31. The summed E-state index contributed by atoms with van der Waals surface area (Å²) >= 11 is 0. The first-order chi connectivity index (χ1) is 13.5. The Morgan fingerprint density at radius 3 is 2.36 bits per heavy atom. The summed E-state index contributed by atoms with van der Waals surface area (Å²) in [4.78, 5) is 0. The number of hydrogen-bond acceptors (Lipinski definition) is 4. The minimum atomic E-state index is -0.317. The summed E-state index contributed by atoms with van der Waals surface area (Å²) in [5.74, 6) is 1.71. The zero-order chi connectivity index (χ0) is 19.0. The van der Waals surface area contributed by atoms with E-state index in [-0.39, 0.29) is 17.0 Å². The van der Waals surface area contributed by atoms with Crippen molar-refractivity contribution in [3.05, 3.63) is 11.6 Å². The quantitative estimate of drug-likeness (QED) is 0.557. The van der Waals surface area contributed by atoms with Gasteiger partial charge in [0.25, 0.3) is 0 Å². The molecule has 2 spiro atoms. The van der Waals surface area contributed by atoms with Crippen LogP contribution in [0.5, 0.6) is 0 Å². The molecule has 4 heteroatoms. The van der Waals surface area contributed by atoms with Gasteiger partial charge in [0.1, 0.15) is 0 Å². The van der Waals surface area contributed by atoms with E-state index in [0.29, 0.717) is 5.41 Å². The second-order valence-electron chi connectivity index (χ2n) is 10.8. The van der Waals surface area contributed by atoms with E-state index in [0.717, 1.165) is 69.9 Å². The number of allylic oxidation sites excluding steroid dienone is 1. The molecule has 2 heterocycles. The molecular weight excluding hydrogens is 352 g/mol. The summed E-state index contributed by atoms with van der Waals surface area (Å²) in [7, 11) is 0. The van der Waals surface area contributed by atoms with Gasteiger partial charge in [0.2, 0.25) is 0 Å². The predicted octanol–water partition coefficient (Wildman–Crippen LogP) is 4.83. The molecule has 4 aliphatic carbocycles. The maximum Gasteiger partial charge on any atom is 0.174 e. The standard InChI is InChI=1S/C24H36O4/c1-21-10-11-23(25-12-3-13-26-23)16-17(21)4-5-18-19(21)6-8-22(2)20(18)7-9-24(22)27-14-15-28-24/h4,18-20H,3,5-16H2,1-2H3/t18?,19?,20?,21-,22-/m0/s1. The van der Waals surface area contributed by atoms with Crippen LogP contribution in [0, 0.1) is 28.6 Å². The van der Waals surface area contributed by atoms with Crippen molar-refractivity contribution < 1.29 is 18.9 Å². The Morgan fingerprint density at radius 1 is 0.821 bits per heavy atom. The normalized spacial score (nSPS) is 48.8. The van der Waals surface area contributed by atoms with Crippen molar-refractivity contribution in [2.45, 2.75) is 83.2 Å². The molecular formula is C24H36O4. The van der Waals surface area contributed by atoms with Crippen LogP contribution < -0.4 is 0 Å². The molecule has 0 aromatic rings. The molecule has 3 unspecified atom stereocenters. The highest BCUT2D eigenvalue weighted by atomic mass is 16.7. The van der Waals surface area contributed by atoms with E-state index in [2.05, 4.69) is 19.9 Å². The largest absolute Gasteiger partial charge is 0.349 e. The lowest BCUT2D eigenvalue weighted by atomic mass is 9.47. The average Bonchev–Trinajstić information content (AvgIpc) is 3.30. The monoisotopic (exact) mass is 388 g/mol. The Labute approximate surface area is 169 Å². The minimum Gasteiger partial charge on any atom is -0.349 e. The lowest BCUT2D eigenvalue weighted by Crippen LogP contribution is -2.56. The zero-order valence-corrected chi connectivity index (χ0v) is 17.6. The summed E-state index contributed by atoms with van der Waals surface area (Å²) in [5.41, 5.74) is 2.15. The van der Waals surface area contributed by atoms with Gasteiger partial charge in [-0.3, -0.25) is 0 Å². The van der Waals surface area contributed by atoms with E-state index in [1.807, 2.05) is 0 Å². The Kier molecular flexibility index (Phi) is 3.97. The molecule has 0 aromatic heterocycles. The van der Waals surface area contributed by atoms with Crippen LogP contribution >= 0.6 is 0 Å². The van der Waals surface area contributed by atoms with Gasteiger partial charge in [-0.1, -0.05) is 25.5 Å². The number of hydrogen-bond donors (Lipinski definition) is 0. The van der Waals surface area contributed by atoms with Crippen molar-refractivity contribution in [3.8, 4) is 0 Å². The third-order valence-electron chi connectivity index (χ3n) is 9.93. The van der Waals surface area contributed by atoms with Gasteiger partial charge in [-0.25, -0.2) is 0 Å². The Morgan fingerprint density at radius 2 is 1.57 bits per heavy atom. The number of rotatable bonds is 0. The van der Waals surface area contributed by atoms with Crippen LogP contribution in [0.1, 0.15) is 71.6 Å². The summed E-state index contributed by atoms with van der Waals surface area (Å²) in [6.07, 6.45) is 13.0. The zero-order valence-electron chi connectivity index (χ0n) is 17.6. The van der Waals surface area contributed by atoms with Crippen LogP contribution in [0.3, 0.4) is 0 Å². The van der Waals surface area contributed by atoms with Gasteiger partial charge in [-0.05, 0) is 61.7 Å².